The molecule has 0 aliphatic carbocycles. The maximum Gasteiger partial charge on any atom is 0.439 e. The molecule has 2 aromatic carbocycles. The molecule has 7 heteroatoms. The van der Waals surface area contributed by atoms with Crippen molar-refractivity contribution in [2.45, 2.75) is 6.42 Å². The lowest BCUT2D eigenvalue weighted by molar-refractivity contribution is -0.121. The summed E-state index contributed by atoms with van der Waals surface area (Å²) < 4.78 is 10.2. The van der Waals surface area contributed by atoms with E-state index >= 15 is 0 Å². The van der Waals surface area contributed by atoms with Crippen LogP contribution >= 0.6 is 0 Å². The van der Waals surface area contributed by atoms with E-state index in [4.69, 9.17) is 4.74 Å². The van der Waals surface area contributed by atoms with Gasteiger partial charge in [0.05, 0.1) is 5.92 Å². The van der Waals surface area contributed by atoms with E-state index in [1.807, 2.05) is 24.3 Å². The first-order valence-corrected chi connectivity index (χ1v) is 7.87. The van der Waals surface area contributed by atoms with Gasteiger partial charge in [-0.25, -0.2) is 4.79 Å². The Kier molecular flexibility index (Phi) is 3.81. The summed E-state index contributed by atoms with van der Waals surface area (Å²) in [5.41, 5.74) is 2.29. The van der Waals surface area contributed by atoms with Crippen molar-refractivity contribution in [3.63, 3.8) is 0 Å². The molecule has 4 rings (SSSR count). The van der Waals surface area contributed by atoms with Gasteiger partial charge in [-0.05, 0) is 30.2 Å². The van der Waals surface area contributed by atoms with Crippen LogP contribution < -0.4 is 15.8 Å². The Labute approximate surface area is 142 Å². The van der Waals surface area contributed by atoms with Gasteiger partial charge < -0.3 is 10.1 Å². The summed E-state index contributed by atoms with van der Waals surface area (Å²) in [4.78, 5) is 26.1. The summed E-state index contributed by atoms with van der Waals surface area (Å²) in [6, 6.07) is 14.8. The zero-order chi connectivity index (χ0) is 17.2. The van der Waals surface area contributed by atoms with E-state index in [1.165, 1.54) is 0 Å². The molecule has 2 N–H and O–H groups in total. The Morgan fingerprint density at radius 2 is 2.08 bits per heavy atom. The molecule has 0 fully saturated rings. The number of carbonyl (C=O) groups excluding carboxylic acids is 1. The van der Waals surface area contributed by atoms with Crippen molar-refractivity contribution in [1.29, 1.82) is 0 Å². The van der Waals surface area contributed by atoms with Crippen molar-refractivity contribution in [2.75, 3.05) is 11.9 Å². The SMILES string of the molecule is O=C(Nc1cccc(-c2noc(=O)[nH]2)c1)[C@H]1COc2ccccc2C1. The minimum atomic E-state index is -0.623. The highest BCUT2D eigenvalue weighted by Gasteiger charge is 2.25. The molecule has 0 saturated carbocycles. The topological polar surface area (TPSA) is 97.2 Å². The average Bonchev–Trinajstić information content (AvgIpc) is 3.08. The van der Waals surface area contributed by atoms with E-state index in [0.29, 0.717) is 30.1 Å². The van der Waals surface area contributed by atoms with Crippen LogP contribution in [0.1, 0.15) is 5.56 Å². The first kappa shape index (κ1) is 15.2. The normalized spacial score (nSPS) is 15.9. The number of amides is 1. The molecular formula is C18H15N3O4. The number of H-pyrrole nitrogens is 1. The van der Waals surface area contributed by atoms with Crippen LogP contribution in [0.3, 0.4) is 0 Å². The lowest BCUT2D eigenvalue weighted by atomic mass is 9.96. The number of nitrogens with zero attached hydrogens (tertiary/aromatic N) is 1. The smallest absolute Gasteiger partial charge is 0.439 e. The Morgan fingerprint density at radius 3 is 2.92 bits per heavy atom. The summed E-state index contributed by atoms with van der Waals surface area (Å²) in [5, 5.41) is 6.54. The van der Waals surface area contributed by atoms with Crippen LogP contribution in [0.25, 0.3) is 11.4 Å². The van der Waals surface area contributed by atoms with Gasteiger partial charge in [0, 0.05) is 11.3 Å². The maximum atomic E-state index is 12.5. The summed E-state index contributed by atoms with van der Waals surface area (Å²) >= 11 is 0. The number of aromatic amines is 1. The molecular weight excluding hydrogens is 322 g/mol. The lowest BCUT2D eigenvalue weighted by Gasteiger charge is -2.24. The van der Waals surface area contributed by atoms with Gasteiger partial charge in [0.2, 0.25) is 5.91 Å². The van der Waals surface area contributed by atoms with E-state index in [0.717, 1.165) is 11.3 Å². The van der Waals surface area contributed by atoms with Gasteiger partial charge >= 0.3 is 5.76 Å². The van der Waals surface area contributed by atoms with E-state index in [1.54, 1.807) is 24.3 Å². The quantitative estimate of drug-likeness (QED) is 0.764. The number of ether oxygens (including phenoxy) is 1. The third kappa shape index (κ3) is 3.16. The molecule has 0 spiro atoms. The van der Waals surface area contributed by atoms with E-state index < -0.39 is 5.76 Å². The highest BCUT2D eigenvalue weighted by Crippen LogP contribution is 2.27. The third-order valence-corrected chi connectivity index (χ3v) is 4.09. The number of anilines is 1. The molecule has 1 amide bonds. The van der Waals surface area contributed by atoms with Crippen LogP contribution in [-0.4, -0.2) is 22.7 Å². The van der Waals surface area contributed by atoms with E-state index in [2.05, 4.69) is 20.0 Å². The Balaban J connectivity index is 1.49. The minimum absolute atomic E-state index is 0.111. The largest absolute Gasteiger partial charge is 0.492 e. The fourth-order valence-electron chi connectivity index (χ4n) is 2.84. The van der Waals surface area contributed by atoms with Gasteiger partial charge in [-0.15, -0.1) is 0 Å². The van der Waals surface area contributed by atoms with Gasteiger partial charge in [-0.2, -0.15) is 0 Å². The highest BCUT2D eigenvalue weighted by atomic mass is 16.5. The third-order valence-electron chi connectivity index (χ3n) is 4.09. The summed E-state index contributed by atoms with van der Waals surface area (Å²) in [7, 11) is 0. The van der Waals surface area contributed by atoms with Crippen LogP contribution in [0.4, 0.5) is 5.69 Å². The number of nitrogens with one attached hydrogen (secondary N) is 2. The van der Waals surface area contributed by atoms with Gasteiger partial charge in [0.25, 0.3) is 0 Å². The Bertz CT molecular complexity index is 976. The molecule has 7 nitrogen and oxygen atoms in total. The van der Waals surface area contributed by atoms with Gasteiger partial charge in [-0.1, -0.05) is 35.5 Å². The predicted molar refractivity (Wildman–Crippen MR) is 90.3 cm³/mol. The first-order valence-electron chi connectivity index (χ1n) is 7.87. The molecule has 1 atom stereocenters. The first-order chi connectivity index (χ1) is 12.2. The van der Waals surface area contributed by atoms with Crippen molar-refractivity contribution in [3.05, 3.63) is 64.6 Å². The van der Waals surface area contributed by atoms with Crippen molar-refractivity contribution in [2.24, 2.45) is 5.92 Å². The highest BCUT2D eigenvalue weighted by molar-refractivity contribution is 5.93. The molecule has 0 bridgehead atoms. The molecule has 126 valence electrons. The predicted octanol–water partition coefficient (Wildman–Crippen LogP) is 2.22. The molecule has 0 unspecified atom stereocenters. The molecule has 0 radical (unpaired) electrons. The average molecular weight is 337 g/mol. The van der Waals surface area contributed by atoms with Crippen molar-refractivity contribution in [3.8, 4) is 17.1 Å². The van der Waals surface area contributed by atoms with Gasteiger partial charge in [-0.3, -0.25) is 14.3 Å². The van der Waals surface area contributed by atoms with Crippen molar-refractivity contribution < 1.29 is 14.1 Å². The fraction of sp³-hybridized carbons (Fsp3) is 0.167. The Morgan fingerprint density at radius 1 is 1.20 bits per heavy atom. The maximum absolute atomic E-state index is 12.5. The number of fused-ring (bicyclic) bond motifs is 1. The van der Waals surface area contributed by atoms with Crippen LogP contribution in [-0.2, 0) is 11.2 Å². The number of rotatable bonds is 3. The van der Waals surface area contributed by atoms with Crippen molar-refractivity contribution >= 4 is 11.6 Å². The zero-order valence-corrected chi connectivity index (χ0v) is 13.2. The summed E-state index contributed by atoms with van der Waals surface area (Å²) in [6.07, 6.45) is 0.637. The molecule has 2 heterocycles. The second kappa shape index (κ2) is 6.27. The minimum Gasteiger partial charge on any atom is -0.492 e. The zero-order valence-electron chi connectivity index (χ0n) is 13.2. The summed E-state index contributed by atoms with van der Waals surface area (Å²) in [6.45, 7) is 0.346. The molecule has 3 aromatic rings. The number of hydrogen-bond acceptors (Lipinski definition) is 5. The second-order valence-corrected chi connectivity index (χ2v) is 5.83. The number of hydrogen-bond donors (Lipinski definition) is 2. The Hall–Kier alpha value is -3.35. The van der Waals surface area contributed by atoms with E-state index in [9.17, 15) is 9.59 Å². The molecule has 25 heavy (non-hydrogen) atoms. The van der Waals surface area contributed by atoms with Crippen LogP contribution in [0.5, 0.6) is 5.75 Å². The molecule has 1 aromatic heterocycles. The standard InChI is InChI=1S/C18H15N3O4/c22-17(13-8-11-4-1-2-7-15(11)24-10-13)19-14-6-3-5-12(9-14)16-20-18(23)25-21-16/h1-7,9,13H,8,10H2,(H,19,22)(H,20,21,23)/t13-/m1/s1. The fourth-order valence-corrected chi connectivity index (χ4v) is 2.84. The van der Waals surface area contributed by atoms with Crippen molar-refractivity contribution in [1.82, 2.24) is 10.1 Å². The van der Waals surface area contributed by atoms with Crippen LogP contribution in [0, 0.1) is 5.92 Å². The number of para-hydroxylation sites is 1. The van der Waals surface area contributed by atoms with Gasteiger partial charge in [0.1, 0.15) is 12.4 Å². The molecule has 1 aliphatic heterocycles. The molecule has 0 saturated heterocycles. The summed E-state index contributed by atoms with van der Waals surface area (Å²) in [5.74, 6) is 0.160. The lowest BCUT2D eigenvalue weighted by Crippen LogP contribution is -2.32. The van der Waals surface area contributed by atoms with E-state index in [-0.39, 0.29) is 11.8 Å². The molecule has 1 aliphatic rings. The van der Waals surface area contributed by atoms with Gasteiger partial charge in [0.15, 0.2) is 5.82 Å². The van der Waals surface area contributed by atoms with Crippen LogP contribution in [0.2, 0.25) is 0 Å². The van der Waals surface area contributed by atoms with Crippen LogP contribution in [0.15, 0.2) is 57.8 Å². The number of aromatic nitrogens is 2. The second-order valence-electron chi connectivity index (χ2n) is 5.83. The monoisotopic (exact) mass is 337 g/mol. The number of carbonyl (C=O) groups is 1. The number of benzene rings is 2.